The third-order valence-corrected chi connectivity index (χ3v) is 3.78. The van der Waals surface area contributed by atoms with E-state index in [0.717, 1.165) is 0 Å². The van der Waals surface area contributed by atoms with Crippen molar-refractivity contribution in [2.45, 2.75) is 13.0 Å². The summed E-state index contributed by atoms with van der Waals surface area (Å²) in [5, 5.41) is 0. The lowest BCUT2D eigenvalue weighted by Crippen LogP contribution is -2.32. The quantitative estimate of drug-likeness (QED) is 0.823. The average Bonchev–Trinajstić information content (AvgIpc) is 2.59. The monoisotopic (exact) mass is 297 g/mol. The van der Waals surface area contributed by atoms with E-state index in [2.05, 4.69) is 4.99 Å². The smallest absolute Gasteiger partial charge is 0.251 e. The Morgan fingerprint density at radius 3 is 2.64 bits per heavy atom. The van der Waals surface area contributed by atoms with Crippen LogP contribution in [-0.2, 0) is 4.79 Å². The highest BCUT2D eigenvalue weighted by atomic mass is 19.1. The summed E-state index contributed by atoms with van der Waals surface area (Å²) in [6, 6.07) is 11.0. The molecule has 0 bridgehead atoms. The lowest BCUT2D eigenvalue weighted by molar-refractivity contribution is -0.119. The number of nitrogen functional groups attached to an aromatic ring is 1. The highest BCUT2D eigenvalue weighted by Gasteiger charge is 2.28. The van der Waals surface area contributed by atoms with Gasteiger partial charge in [-0.1, -0.05) is 12.1 Å². The predicted molar refractivity (Wildman–Crippen MR) is 85.8 cm³/mol. The molecule has 2 aromatic carbocycles. The van der Waals surface area contributed by atoms with Crippen LogP contribution in [0.15, 0.2) is 47.5 Å². The molecule has 0 saturated heterocycles. The molecule has 0 aliphatic carbocycles. The van der Waals surface area contributed by atoms with Crippen LogP contribution in [0, 0.1) is 5.82 Å². The van der Waals surface area contributed by atoms with Gasteiger partial charge in [0, 0.05) is 23.9 Å². The van der Waals surface area contributed by atoms with E-state index < -0.39 is 6.04 Å². The summed E-state index contributed by atoms with van der Waals surface area (Å²) in [5.74, 6) is -0.517. The first kappa shape index (κ1) is 14.3. The molecule has 3 rings (SSSR count). The van der Waals surface area contributed by atoms with Gasteiger partial charge in [-0.25, -0.2) is 4.39 Å². The number of hydrogen-bond donors (Lipinski definition) is 1. The van der Waals surface area contributed by atoms with Crippen molar-refractivity contribution < 1.29 is 9.18 Å². The first-order valence-electron chi connectivity index (χ1n) is 6.99. The largest absolute Gasteiger partial charge is 0.399 e. The summed E-state index contributed by atoms with van der Waals surface area (Å²) in [7, 11) is 1.69. The summed E-state index contributed by atoms with van der Waals surface area (Å²) >= 11 is 0. The van der Waals surface area contributed by atoms with E-state index in [1.165, 1.54) is 11.0 Å². The molecule has 4 nitrogen and oxygen atoms in total. The molecule has 2 N–H and O–H groups in total. The minimum atomic E-state index is -0.590. The molecule has 0 aromatic heterocycles. The van der Waals surface area contributed by atoms with Crippen molar-refractivity contribution in [3.63, 3.8) is 0 Å². The van der Waals surface area contributed by atoms with Crippen molar-refractivity contribution in [1.82, 2.24) is 0 Å². The Morgan fingerprint density at radius 2 is 1.91 bits per heavy atom. The minimum absolute atomic E-state index is 0.141. The zero-order valence-electron chi connectivity index (χ0n) is 12.4. The van der Waals surface area contributed by atoms with Gasteiger partial charge in [0.15, 0.2) is 0 Å². The molecule has 0 radical (unpaired) electrons. The van der Waals surface area contributed by atoms with E-state index in [-0.39, 0.29) is 11.7 Å². The van der Waals surface area contributed by atoms with Crippen LogP contribution >= 0.6 is 0 Å². The van der Waals surface area contributed by atoms with Crippen LogP contribution in [0.25, 0.3) is 0 Å². The van der Waals surface area contributed by atoms with Gasteiger partial charge in [0.05, 0.1) is 11.4 Å². The Morgan fingerprint density at radius 1 is 1.18 bits per heavy atom. The molecule has 1 amide bonds. The minimum Gasteiger partial charge on any atom is -0.399 e. The van der Waals surface area contributed by atoms with Gasteiger partial charge in [-0.15, -0.1) is 0 Å². The molecule has 0 unspecified atom stereocenters. The van der Waals surface area contributed by atoms with Crippen LogP contribution < -0.4 is 10.6 Å². The Labute approximate surface area is 128 Å². The molecule has 1 aliphatic rings. The molecule has 1 atom stereocenters. The summed E-state index contributed by atoms with van der Waals surface area (Å²) in [6.07, 6.45) is 0. The molecule has 5 heteroatoms. The number of halogens is 1. The number of amides is 1. The number of anilines is 2. The number of nitrogens with two attached hydrogens (primary N) is 1. The lowest BCUT2D eigenvalue weighted by atomic mass is 9.99. The summed E-state index contributed by atoms with van der Waals surface area (Å²) in [4.78, 5) is 18.3. The van der Waals surface area contributed by atoms with Crippen molar-refractivity contribution >= 4 is 23.0 Å². The third-order valence-electron chi connectivity index (χ3n) is 3.78. The standard InChI is InChI=1S/C17H16FN3O/c1-10-17(22)21(2)15-8-7-11(19)9-13(15)16(20-10)12-5-3-4-6-14(12)18/h3-10H,19H2,1-2H3/t10-/m0/s1. The fourth-order valence-electron chi connectivity index (χ4n) is 2.62. The summed E-state index contributed by atoms with van der Waals surface area (Å²) in [6.45, 7) is 1.70. The van der Waals surface area contributed by atoms with Crippen molar-refractivity contribution in [1.29, 1.82) is 0 Å². The van der Waals surface area contributed by atoms with Crippen LogP contribution in [0.1, 0.15) is 18.1 Å². The molecule has 22 heavy (non-hydrogen) atoms. The third kappa shape index (κ3) is 2.24. The molecular formula is C17H16FN3O. The SMILES string of the molecule is C[C@@H]1N=C(c2ccccc2F)c2cc(N)ccc2N(C)C1=O. The molecule has 1 heterocycles. The van der Waals surface area contributed by atoms with Gasteiger partial charge in [0.2, 0.25) is 0 Å². The van der Waals surface area contributed by atoms with E-state index in [0.29, 0.717) is 28.2 Å². The van der Waals surface area contributed by atoms with Crippen LogP contribution in [0.4, 0.5) is 15.8 Å². The number of rotatable bonds is 1. The fourth-order valence-corrected chi connectivity index (χ4v) is 2.62. The van der Waals surface area contributed by atoms with Crippen molar-refractivity contribution in [3.8, 4) is 0 Å². The first-order chi connectivity index (χ1) is 10.5. The van der Waals surface area contributed by atoms with Gasteiger partial charge in [-0.3, -0.25) is 9.79 Å². The first-order valence-corrected chi connectivity index (χ1v) is 6.99. The second-order valence-electron chi connectivity index (χ2n) is 5.31. The van der Waals surface area contributed by atoms with Gasteiger partial charge < -0.3 is 10.6 Å². The van der Waals surface area contributed by atoms with Gasteiger partial charge >= 0.3 is 0 Å². The van der Waals surface area contributed by atoms with Crippen LogP contribution in [0.3, 0.4) is 0 Å². The van der Waals surface area contributed by atoms with Gasteiger partial charge in [-0.05, 0) is 37.3 Å². The number of hydrogen-bond acceptors (Lipinski definition) is 3. The molecule has 0 fully saturated rings. The van der Waals surface area contributed by atoms with E-state index in [4.69, 9.17) is 5.73 Å². The van der Waals surface area contributed by atoms with Gasteiger partial charge in [-0.2, -0.15) is 0 Å². The second-order valence-corrected chi connectivity index (χ2v) is 5.31. The Balaban J connectivity index is 2.31. The fraction of sp³-hybridized carbons (Fsp3) is 0.176. The van der Waals surface area contributed by atoms with E-state index in [9.17, 15) is 9.18 Å². The van der Waals surface area contributed by atoms with E-state index in [1.54, 1.807) is 50.4 Å². The Bertz CT molecular complexity index is 785. The van der Waals surface area contributed by atoms with Crippen molar-refractivity contribution in [2.24, 2.45) is 4.99 Å². The van der Waals surface area contributed by atoms with Crippen molar-refractivity contribution in [3.05, 3.63) is 59.4 Å². The molecule has 1 aliphatic heterocycles. The van der Waals surface area contributed by atoms with Crippen LogP contribution in [0.5, 0.6) is 0 Å². The zero-order valence-corrected chi connectivity index (χ0v) is 12.4. The maximum absolute atomic E-state index is 14.2. The highest BCUT2D eigenvalue weighted by Crippen LogP contribution is 2.30. The number of carbonyl (C=O) groups is 1. The predicted octanol–water partition coefficient (Wildman–Crippen LogP) is 2.61. The average molecular weight is 297 g/mol. The number of aliphatic imine (C=N–C) groups is 1. The van der Waals surface area contributed by atoms with E-state index in [1.807, 2.05) is 0 Å². The summed E-state index contributed by atoms with van der Waals surface area (Å²) < 4.78 is 14.2. The number of nitrogens with zero attached hydrogens (tertiary/aromatic N) is 2. The Kier molecular flexibility index (Phi) is 3.41. The number of carbonyl (C=O) groups excluding carboxylic acids is 1. The summed E-state index contributed by atoms with van der Waals surface area (Å²) in [5.41, 5.74) is 8.56. The molecule has 112 valence electrons. The molecule has 0 spiro atoms. The molecule has 0 saturated carbocycles. The van der Waals surface area contributed by atoms with E-state index >= 15 is 0 Å². The Hall–Kier alpha value is -2.69. The van der Waals surface area contributed by atoms with Crippen LogP contribution in [-0.4, -0.2) is 24.7 Å². The number of benzene rings is 2. The number of likely N-dealkylation sites (N-methyl/N-ethyl adjacent to an activating group) is 1. The molecular weight excluding hydrogens is 281 g/mol. The van der Waals surface area contributed by atoms with Crippen LogP contribution in [0.2, 0.25) is 0 Å². The maximum atomic E-state index is 14.2. The second kappa shape index (κ2) is 5.26. The lowest BCUT2D eigenvalue weighted by Gasteiger charge is -2.19. The zero-order chi connectivity index (χ0) is 15.9. The van der Waals surface area contributed by atoms with Gasteiger partial charge in [0.1, 0.15) is 11.9 Å². The van der Waals surface area contributed by atoms with Gasteiger partial charge in [0.25, 0.3) is 5.91 Å². The van der Waals surface area contributed by atoms with Crippen molar-refractivity contribution in [2.75, 3.05) is 17.7 Å². The number of benzodiazepines with no additional fused rings is 1. The highest BCUT2D eigenvalue weighted by molar-refractivity contribution is 6.20. The topological polar surface area (TPSA) is 58.7 Å². The maximum Gasteiger partial charge on any atom is 0.251 e. The number of fused-ring (bicyclic) bond motifs is 1. The normalized spacial score (nSPS) is 17.8. The molecule has 2 aromatic rings.